The van der Waals surface area contributed by atoms with E-state index in [2.05, 4.69) is 23.2 Å². The molecule has 6 rings (SSSR count). The number of rotatable bonds is 5. The lowest BCUT2D eigenvalue weighted by molar-refractivity contribution is -0.137. The number of aromatic nitrogens is 1. The third-order valence-electron chi connectivity index (χ3n) is 7.43. The molecular weight excluding hydrogens is 486 g/mol. The predicted octanol–water partition coefficient (Wildman–Crippen LogP) is 6.52. The van der Waals surface area contributed by atoms with Crippen molar-refractivity contribution in [3.63, 3.8) is 0 Å². The number of hydrogen-bond donors (Lipinski definition) is 0. The van der Waals surface area contributed by atoms with E-state index in [-0.39, 0.29) is 24.5 Å². The summed E-state index contributed by atoms with van der Waals surface area (Å²) in [6.45, 7) is 1.44. The zero-order valence-corrected chi connectivity index (χ0v) is 21.8. The third-order valence-corrected chi connectivity index (χ3v) is 7.43. The molecule has 0 N–H and O–H groups in total. The maximum absolute atomic E-state index is 13.6. The SMILES string of the molecule is Cc1cc(C(=O)OCC(=O)N2N=C3/C(=C/c4ccccc4)CCC[C@@H]3[C@@H]2c2ccccc2)c2ccccc2n1. The number of esters is 1. The van der Waals surface area contributed by atoms with Crippen LogP contribution < -0.4 is 0 Å². The highest BCUT2D eigenvalue weighted by Crippen LogP contribution is 2.44. The number of para-hydroxylation sites is 1. The lowest BCUT2D eigenvalue weighted by Crippen LogP contribution is -2.34. The van der Waals surface area contributed by atoms with Gasteiger partial charge in [0, 0.05) is 17.0 Å². The van der Waals surface area contributed by atoms with E-state index < -0.39 is 5.97 Å². The summed E-state index contributed by atoms with van der Waals surface area (Å²) in [5, 5.41) is 7.14. The molecule has 1 aliphatic heterocycles. The number of nitrogens with zero attached hydrogens (tertiary/aromatic N) is 3. The molecule has 0 radical (unpaired) electrons. The molecule has 0 unspecified atom stereocenters. The Kier molecular flexibility index (Phi) is 6.76. The average Bonchev–Trinajstić information content (AvgIpc) is 3.37. The quantitative estimate of drug-likeness (QED) is 0.284. The summed E-state index contributed by atoms with van der Waals surface area (Å²) in [6, 6.07) is 29.1. The Balaban J connectivity index is 1.29. The minimum Gasteiger partial charge on any atom is -0.452 e. The Hall–Kier alpha value is -4.58. The van der Waals surface area contributed by atoms with Gasteiger partial charge in [-0.2, -0.15) is 5.10 Å². The molecule has 39 heavy (non-hydrogen) atoms. The molecule has 2 aliphatic rings. The molecule has 1 aliphatic carbocycles. The van der Waals surface area contributed by atoms with Gasteiger partial charge in [-0.05, 0) is 61.1 Å². The number of amides is 1. The van der Waals surface area contributed by atoms with E-state index in [9.17, 15) is 9.59 Å². The second-order valence-corrected chi connectivity index (χ2v) is 10.1. The molecule has 4 aromatic rings. The third kappa shape index (κ3) is 4.98. The van der Waals surface area contributed by atoms with E-state index in [1.807, 2.05) is 79.7 Å². The van der Waals surface area contributed by atoms with Gasteiger partial charge in [0.2, 0.25) is 0 Å². The van der Waals surface area contributed by atoms with Crippen molar-refractivity contribution < 1.29 is 14.3 Å². The van der Waals surface area contributed by atoms with Gasteiger partial charge in [-0.15, -0.1) is 0 Å². The lowest BCUT2D eigenvalue weighted by atomic mass is 9.77. The number of benzene rings is 3. The molecular formula is C33H29N3O3. The highest BCUT2D eigenvalue weighted by molar-refractivity contribution is 6.08. The Morgan fingerprint density at radius 1 is 0.974 bits per heavy atom. The lowest BCUT2D eigenvalue weighted by Gasteiger charge is -2.29. The minimum absolute atomic E-state index is 0.0857. The van der Waals surface area contributed by atoms with Gasteiger partial charge >= 0.3 is 5.97 Å². The van der Waals surface area contributed by atoms with E-state index in [0.29, 0.717) is 22.2 Å². The number of pyridine rings is 1. The molecule has 0 spiro atoms. The van der Waals surface area contributed by atoms with Crippen molar-refractivity contribution in [1.29, 1.82) is 0 Å². The smallest absolute Gasteiger partial charge is 0.339 e. The number of allylic oxidation sites excluding steroid dienone is 1. The topological polar surface area (TPSA) is 71.9 Å². The average molecular weight is 516 g/mol. The van der Waals surface area contributed by atoms with Crippen LogP contribution in [0.3, 0.4) is 0 Å². The molecule has 3 aromatic carbocycles. The van der Waals surface area contributed by atoms with Gasteiger partial charge in [-0.3, -0.25) is 9.78 Å². The Morgan fingerprint density at radius 3 is 2.49 bits per heavy atom. The first-order valence-electron chi connectivity index (χ1n) is 13.3. The van der Waals surface area contributed by atoms with Gasteiger partial charge in [0.15, 0.2) is 6.61 Å². The summed E-state index contributed by atoms with van der Waals surface area (Å²) in [5.74, 6) is -0.800. The molecule has 2 heterocycles. The van der Waals surface area contributed by atoms with Crippen LogP contribution in [0.1, 0.15) is 52.5 Å². The highest BCUT2D eigenvalue weighted by Gasteiger charge is 2.43. The Morgan fingerprint density at radius 2 is 1.69 bits per heavy atom. The first kappa shape index (κ1) is 24.7. The monoisotopic (exact) mass is 515 g/mol. The first-order chi connectivity index (χ1) is 19.1. The fraction of sp³-hybridized carbons (Fsp3) is 0.212. The van der Waals surface area contributed by atoms with Crippen molar-refractivity contribution in [2.75, 3.05) is 6.61 Å². The van der Waals surface area contributed by atoms with Crippen LogP contribution in [0.4, 0.5) is 0 Å². The zero-order valence-electron chi connectivity index (χ0n) is 21.8. The molecule has 194 valence electrons. The van der Waals surface area contributed by atoms with E-state index in [4.69, 9.17) is 9.84 Å². The molecule has 1 aromatic heterocycles. The second-order valence-electron chi connectivity index (χ2n) is 10.1. The van der Waals surface area contributed by atoms with Crippen LogP contribution in [-0.2, 0) is 9.53 Å². The van der Waals surface area contributed by atoms with E-state index >= 15 is 0 Å². The normalized spacial score (nSPS) is 19.6. The van der Waals surface area contributed by atoms with Gasteiger partial charge in [0.1, 0.15) is 0 Å². The summed E-state index contributed by atoms with van der Waals surface area (Å²) in [5.41, 5.74) is 6.08. The van der Waals surface area contributed by atoms with E-state index in [1.165, 1.54) is 0 Å². The first-order valence-corrected chi connectivity index (χ1v) is 13.3. The number of aryl methyl sites for hydroxylation is 1. The summed E-state index contributed by atoms with van der Waals surface area (Å²) < 4.78 is 5.58. The van der Waals surface area contributed by atoms with Crippen molar-refractivity contribution in [1.82, 2.24) is 9.99 Å². The number of ether oxygens (including phenoxy) is 1. The van der Waals surface area contributed by atoms with Gasteiger partial charge in [0.25, 0.3) is 5.91 Å². The van der Waals surface area contributed by atoms with Gasteiger partial charge in [-0.25, -0.2) is 9.80 Å². The maximum Gasteiger partial charge on any atom is 0.339 e. The molecule has 1 amide bonds. The maximum atomic E-state index is 13.6. The molecule has 2 atom stereocenters. The van der Waals surface area contributed by atoms with Crippen LogP contribution in [0.15, 0.2) is 102 Å². The van der Waals surface area contributed by atoms with Gasteiger partial charge in [0.05, 0.1) is 22.8 Å². The van der Waals surface area contributed by atoms with Crippen LogP contribution in [0, 0.1) is 12.8 Å². The van der Waals surface area contributed by atoms with Gasteiger partial charge < -0.3 is 4.74 Å². The number of hydrazone groups is 1. The van der Waals surface area contributed by atoms with Crippen LogP contribution in [0.25, 0.3) is 17.0 Å². The summed E-state index contributed by atoms with van der Waals surface area (Å²) in [6.07, 6.45) is 5.06. The minimum atomic E-state index is -0.546. The molecule has 1 saturated carbocycles. The Bertz CT molecular complexity index is 1590. The largest absolute Gasteiger partial charge is 0.452 e. The standard InChI is InChI=1S/C33H29N3O3/c1-22-19-28(26-16-8-9-18-29(26)34-22)33(38)39-21-30(37)36-32(24-13-6-3-7-14-24)27-17-10-15-25(31(27)35-36)20-23-11-4-2-5-12-23/h2-9,11-14,16,18-20,27,32H,10,15,17,21H2,1H3/b25-20+/t27-,32-/m0/s1. The van der Waals surface area contributed by atoms with Crippen LogP contribution in [0.5, 0.6) is 0 Å². The van der Waals surface area contributed by atoms with E-state index in [1.54, 1.807) is 11.1 Å². The van der Waals surface area contributed by atoms with Crippen LogP contribution in [-0.4, -0.2) is 34.2 Å². The summed E-state index contributed by atoms with van der Waals surface area (Å²) in [7, 11) is 0. The molecule has 0 bridgehead atoms. The number of hydrogen-bond acceptors (Lipinski definition) is 5. The molecule has 1 fully saturated rings. The Labute approximate surface area is 227 Å². The summed E-state index contributed by atoms with van der Waals surface area (Å²) in [4.78, 5) is 31.2. The van der Waals surface area contributed by atoms with Crippen molar-refractivity contribution in [3.05, 3.63) is 119 Å². The predicted molar refractivity (Wildman–Crippen MR) is 152 cm³/mol. The van der Waals surface area contributed by atoms with Gasteiger partial charge in [-0.1, -0.05) is 78.9 Å². The fourth-order valence-corrected chi connectivity index (χ4v) is 5.69. The zero-order chi connectivity index (χ0) is 26.8. The number of fused-ring (bicyclic) bond motifs is 2. The summed E-state index contributed by atoms with van der Waals surface area (Å²) >= 11 is 0. The fourth-order valence-electron chi connectivity index (χ4n) is 5.69. The highest BCUT2D eigenvalue weighted by atomic mass is 16.5. The van der Waals surface area contributed by atoms with Crippen molar-refractivity contribution in [3.8, 4) is 0 Å². The number of carbonyl (C=O) groups is 2. The second kappa shape index (κ2) is 10.7. The van der Waals surface area contributed by atoms with E-state index in [0.717, 1.165) is 41.7 Å². The molecule has 6 heteroatoms. The van der Waals surface area contributed by atoms with Crippen molar-refractivity contribution in [2.45, 2.75) is 32.2 Å². The molecule has 0 saturated heterocycles. The number of carbonyl (C=O) groups excluding carboxylic acids is 2. The van der Waals surface area contributed by atoms with Crippen LogP contribution in [0.2, 0.25) is 0 Å². The van der Waals surface area contributed by atoms with Crippen molar-refractivity contribution in [2.24, 2.45) is 11.0 Å². The van der Waals surface area contributed by atoms with Crippen molar-refractivity contribution >= 4 is 34.6 Å². The van der Waals surface area contributed by atoms with Crippen LogP contribution >= 0.6 is 0 Å². The molecule has 6 nitrogen and oxygen atoms in total.